The van der Waals surface area contributed by atoms with Crippen LogP contribution in [0.4, 0.5) is 0 Å². The summed E-state index contributed by atoms with van der Waals surface area (Å²) in [4.78, 5) is 11.4. The first-order valence-corrected chi connectivity index (χ1v) is 6.12. The predicted octanol–water partition coefficient (Wildman–Crippen LogP) is 2.28. The van der Waals surface area contributed by atoms with Gasteiger partial charge in [-0.2, -0.15) is 5.26 Å². The average molecular weight is 345 g/mol. The zero-order valence-electron chi connectivity index (χ0n) is 9.62. The Morgan fingerprint density at radius 2 is 2.24 bits per heavy atom. The van der Waals surface area contributed by atoms with Crippen molar-refractivity contribution in [1.82, 2.24) is 0 Å². The summed E-state index contributed by atoms with van der Waals surface area (Å²) in [5.74, 6) is 0.267. The number of benzene rings is 1. The molecule has 0 saturated carbocycles. The van der Waals surface area contributed by atoms with E-state index in [4.69, 9.17) is 14.7 Å². The molecular formula is C12H12INO3. The Kier molecular flexibility index (Phi) is 5.22. The van der Waals surface area contributed by atoms with Crippen LogP contribution in [0, 0.1) is 14.9 Å². The van der Waals surface area contributed by atoms with Crippen LogP contribution in [-0.2, 0) is 16.0 Å². The van der Waals surface area contributed by atoms with Crippen LogP contribution in [-0.4, -0.2) is 19.7 Å². The quantitative estimate of drug-likeness (QED) is 0.621. The van der Waals surface area contributed by atoms with Crippen LogP contribution in [0.3, 0.4) is 0 Å². The van der Waals surface area contributed by atoms with Crippen molar-refractivity contribution in [2.24, 2.45) is 0 Å². The first-order valence-electron chi connectivity index (χ1n) is 5.04. The summed E-state index contributed by atoms with van der Waals surface area (Å²) in [6.07, 6.45) is 0.151. The first-order chi connectivity index (χ1) is 8.12. The van der Waals surface area contributed by atoms with E-state index < -0.39 is 0 Å². The van der Waals surface area contributed by atoms with Gasteiger partial charge in [-0.3, -0.25) is 4.79 Å². The first kappa shape index (κ1) is 13.8. The number of nitrogens with zero attached hydrogens (tertiary/aromatic N) is 1. The molecule has 0 saturated heterocycles. The van der Waals surface area contributed by atoms with Gasteiger partial charge in [0, 0.05) is 3.57 Å². The largest absolute Gasteiger partial charge is 0.497 e. The van der Waals surface area contributed by atoms with Crippen molar-refractivity contribution in [3.63, 3.8) is 0 Å². The van der Waals surface area contributed by atoms with Crippen molar-refractivity contribution in [2.75, 3.05) is 13.7 Å². The Labute approximate surface area is 114 Å². The minimum absolute atomic E-state index is 0.151. The van der Waals surface area contributed by atoms with E-state index in [1.54, 1.807) is 19.1 Å². The summed E-state index contributed by atoms with van der Waals surface area (Å²) in [5, 5.41) is 8.97. The van der Waals surface area contributed by atoms with Gasteiger partial charge in [0.05, 0.1) is 25.7 Å². The summed E-state index contributed by atoms with van der Waals surface area (Å²) in [7, 11) is 1.53. The average Bonchev–Trinajstić information content (AvgIpc) is 2.32. The fraction of sp³-hybridized carbons (Fsp3) is 0.333. The lowest BCUT2D eigenvalue weighted by Gasteiger charge is -2.08. The minimum atomic E-state index is -0.303. The zero-order valence-corrected chi connectivity index (χ0v) is 11.8. The molecular weight excluding hydrogens is 333 g/mol. The molecule has 1 rings (SSSR count). The number of rotatable bonds is 4. The van der Waals surface area contributed by atoms with Gasteiger partial charge in [-0.1, -0.05) is 0 Å². The number of halogens is 1. The fourth-order valence-electron chi connectivity index (χ4n) is 1.35. The normalized spacial score (nSPS) is 9.53. The lowest BCUT2D eigenvalue weighted by atomic mass is 10.1. The third-order valence-corrected chi connectivity index (χ3v) is 3.39. The zero-order chi connectivity index (χ0) is 12.8. The van der Waals surface area contributed by atoms with Crippen molar-refractivity contribution < 1.29 is 14.3 Å². The van der Waals surface area contributed by atoms with E-state index in [1.165, 1.54) is 7.11 Å². The van der Waals surface area contributed by atoms with Gasteiger partial charge >= 0.3 is 5.97 Å². The minimum Gasteiger partial charge on any atom is -0.497 e. The molecule has 0 atom stereocenters. The van der Waals surface area contributed by atoms with Crippen molar-refractivity contribution in [2.45, 2.75) is 13.3 Å². The van der Waals surface area contributed by atoms with Crippen LogP contribution < -0.4 is 4.74 Å². The molecule has 17 heavy (non-hydrogen) atoms. The second-order valence-electron chi connectivity index (χ2n) is 3.24. The summed E-state index contributed by atoms with van der Waals surface area (Å²) in [6.45, 7) is 2.11. The van der Waals surface area contributed by atoms with Crippen LogP contribution in [0.15, 0.2) is 12.1 Å². The molecule has 0 fully saturated rings. The van der Waals surface area contributed by atoms with Crippen molar-refractivity contribution >= 4 is 28.6 Å². The maximum Gasteiger partial charge on any atom is 0.310 e. The van der Waals surface area contributed by atoms with E-state index in [0.717, 1.165) is 9.13 Å². The standard InChI is InChI=1S/C12H12INO3/c1-3-17-11(15)6-8-4-10(16-2)5-9(7-14)12(8)13/h4-5H,3,6H2,1-2H3. The molecule has 0 aromatic heterocycles. The number of nitriles is 1. The van der Waals surface area contributed by atoms with Crippen molar-refractivity contribution in [3.8, 4) is 11.8 Å². The lowest BCUT2D eigenvalue weighted by Crippen LogP contribution is -2.09. The van der Waals surface area contributed by atoms with Crippen molar-refractivity contribution in [1.29, 1.82) is 5.26 Å². The molecule has 0 spiro atoms. The number of hydrogen-bond donors (Lipinski definition) is 0. The predicted molar refractivity (Wildman–Crippen MR) is 70.8 cm³/mol. The topological polar surface area (TPSA) is 59.3 Å². The molecule has 0 aliphatic rings. The van der Waals surface area contributed by atoms with Crippen LogP contribution in [0.1, 0.15) is 18.1 Å². The summed E-state index contributed by atoms with van der Waals surface area (Å²) in [5.41, 5.74) is 1.25. The Hall–Kier alpha value is -1.29. The third kappa shape index (κ3) is 3.60. The third-order valence-electron chi connectivity index (χ3n) is 2.12. The maximum absolute atomic E-state index is 11.4. The molecule has 5 heteroatoms. The van der Waals surface area contributed by atoms with Crippen LogP contribution in [0.5, 0.6) is 5.75 Å². The molecule has 0 aliphatic carbocycles. The van der Waals surface area contributed by atoms with Gasteiger partial charge in [0.15, 0.2) is 0 Å². The van der Waals surface area contributed by atoms with E-state index in [9.17, 15) is 4.79 Å². The molecule has 1 aromatic carbocycles. The van der Waals surface area contributed by atoms with Crippen LogP contribution in [0.25, 0.3) is 0 Å². The molecule has 0 bridgehead atoms. The molecule has 0 heterocycles. The maximum atomic E-state index is 11.4. The number of methoxy groups -OCH3 is 1. The number of carbonyl (C=O) groups excluding carboxylic acids is 1. The van der Waals surface area contributed by atoms with Gasteiger partial charge in [-0.15, -0.1) is 0 Å². The monoisotopic (exact) mass is 345 g/mol. The highest BCUT2D eigenvalue weighted by atomic mass is 127. The van der Waals surface area contributed by atoms with Gasteiger partial charge in [-0.05, 0) is 47.2 Å². The van der Waals surface area contributed by atoms with Gasteiger partial charge in [0.1, 0.15) is 11.8 Å². The Morgan fingerprint density at radius 1 is 1.53 bits per heavy atom. The Morgan fingerprint density at radius 3 is 2.76 bits per heavy atom. The smallest absolute Gasteiger partial charge is 0.310 e. The molecule has 4 nitrogen and oxygen atoms in total. The highest BCUT2D eigenvalue weighted by molar-refractivity contribution is 14.1. The van der Waals surface area contributed by atoms with Crippen LogP contribution >= 0.6 is 22.6 Å². The lowest BCUT2D eigenvalue weighted by molar-refractivity contribution is -0.142. The highest BCUT2D eigenvalue weighted by Gasteiger charge is 2.13. The number of carbonyl (C=O) groups is 1. The van der Waals surface area contributed by atoms with E-state index in [2.05, 4.69) is 6.07 Å². The van der Waals surface area contributed by atoms with E-state index >= 15 is 0 Å². The number of hydrogen-bond acceptors (Lipinski definition) is 4. The summed E-state index contributed by atoms with van der Waals surface area (Å²) >= 11 is 2.05. The molecule has 0 radical (unpaired) electrons. The van der Waals surface area contributed by atoms with E-state index in [1.807, 2.05) is 22.6 Å². The summed E-state index contributed by atoms with van der Waals surface area (Å²) < 4.78 is 10.7. The molecule has 90 valence electrons. The Bertz CT molecular complexity index is 466. The number of ether oxygens (including phenoxy) is 2. The highest BCUT2D eigenvalue weighted by Crippen LogP contribution is 2.24. The molecule has 0 unspecified atom stereocenters. The molecule has 0 aliphatic heterocycles. The van der Waals surface area contributed by atoms with Gasteiger partial charge < -0.3 is 9.47 Å². The SMILES string of the molecule is CCOC(=O)Cc1cc(OC)cc(C#N)c1I. The van der Waals surface area contributed by atoms with Gasteiger partial charge in [-0.25, -0.2) is 0 Å². The second-order valence-corrected chi connectivity index (χ2v) is 4.32. The fourth-order valence-corrected chi connectivity index (χ4v) is 1.97. The second kappa shape index (κ2) is 6.45. The summed E-state index contributed by atoms with van der Waals surface area (Å²) in [6, 6.07) is 5.47. The molecule has 1 aromatic rings. The van der Waals surface area contributed by atoms with E-state index in [-0.39, 0.29) is 12.4 Å². The van der Waals surface area contributed by atoms with E-state index in [0.29, 0.717) is 17.9 Å². The van der Waals surface area contributed by atoms with Crippen LogP contribution in [0.2, 0.25) is 0 Å². The Balaban J connectivity index is 3.06. The van der Waals surface area contributed by atoms with Crippen molar-refractivity contribution in [3.05, 3.63) is 26.8 Å². The van der Waals surface area contributed by atoms with Gasteiger partial charge in [0.2, 0.25) is 0 Å². The number of esters is 1. The molecule has 0 N–H and O–H groups in total. The molecule has 0 amide bonds. The van der Waals surface area contributed by atoms with Gasteiger partial charge in [0.25, 0.3) is 0 Å².